The molecule has 0 aliphatic carbocycles. The summed E-state index contributed by atoms with van der Waals surface area (Å²) >= 11 is 4.70. The van der Waals surface area contributed by atoms with Crippen molar-refractivity contribution in [1.29, 1.82) is 0 Å². The standard InChI is InChI=1S/C13H12BrN3O2S/c1-6-3-4-9(12(18)15-6)17-7(2)16-8-5-10(14)20-11(8)13(17)19/h5,9H,1,3-4H2,2H3,(H,15,18). The van der Waals surface area contributed by atoms with Gasteiger partial charge in [0.1, 0.15) is 16.6 Å². The molecule has 0 saturated carbocycles. The van der Waals surface area contributed by atoms with E-state index in [4.69, 9.17) is 0 Å². The minimum absolute atomic E-state index is 0.157. The van der Waals surface area contributed by atoms with Crippen molar-refractivity contribution in [1.82, 2.24) is 14.9 Å². The highest BCUT2D eigenvalue weighted by atomic mass is 79.9. The lowest BCUT2D eigenvalue weighted by Gasteiger charge is -2.26. The number of amides is 1. The van der Waals surface area contributed by atoms with Gasteiger partial charge in [0.15, 0.2) is 0 Å². The first-order valence-electron chi connectivity index (χ1n) is 6.14. The molecule has 20 heavy (non-hydrogen) atoms. The number of hydrogen-bond donors (Lipinski definition) is 1. The van der Waals surface area contributed by atoms with E-state index in [1.807, 2.05) is 6.07 Å². The Labute approximate surface area is 127 Å². The molecule has 0 aromatic carbocycles. The first kappa shape index (κ1) is 13.5. The molecular weight excluding hydrogens is 342 g/mol. The molecule has 1 saturated heterocycles. The lowest BCUT2D eigenvalue weighted by molar-refractivity contribution is -0.124. The lowest BCUT2D eigenvalue weighted by Crippen LogP contribution is -2.41. The van der Waals surface area contributed by atoms with E-state index in [9.17, 15) is 9.59 Å². The number of thiophene rings is 1. The van der Waals surface area contributed by atoms with Gasteiger partial charge in [-0.2, -0.15) is 0 Å². The number of piperidine rings is 1. The maximum absolute atomic E-state index is 12.6. The molecule has 1 aliphatic heterocycles. The summed E-state index contributed by atoms with van der Waals surface area (Å²) in [5, 5.41) is 2.71. The van der Waals surface area contributed by atoms with Crippen molar-refractivity contribution in [2.24, 2.45) is 0 Å². The number of nitrogens with one attached hydrogen (secondary N) is 1. The summed E-state index contributed by atoms with van der Waals surface area (Å²) in [7, 11) is 0. The van der Waals surface area contributed by atoms with Gasteiger partial charge in [0, 0.05) is 5.70 Å². The average molecular weight is 354 g/mol. The minimum Gasteiger partial charge on any atom is -0.329 e. The quantitative estimate of drug-likeness (QED) is 0.856. The number of aryl methyl sites for hydroxylation is 1. The molecule has 5 nitrogen and oxygen atoms in total. The minimum atomic E-state index is -0.509. The highest BCUT2D eigenvalue weighted by Gasteiger charge is 2.28. The summed E-state index contributed by atoms with van der Waals surface area (Å²) in [5.74, 6) is 0.365. The van der Waals surface area contributed by atoms with E-state index in [2.05, 4.69) is 32.8 Å². The van der Waals surface area contributed by atoms with Crippen LogP contribution in [0.15, 0.2) is 26.9 Å². The highest BCUT2D eigenvalue weighted by Crippen LogP contribution is 2.28. The second-order valence-corrected chi connectivity index (χ2v) is 7.18. The van der Waals surface area contributed by atoms with Crippen molar-refractivity contribution in [3.8, 4) is 0 Å². The van der Waals surface area contributed by atoms with Crippen LogP contribution in [0.25, 0.3) is 10.2 Å². The molecule has 3 heterocycles. The van der Waals surface area contributed by atoms with Crippen LogP contribution in [-0.4, -0.2) is 15.5 Å². The van der Waals surface area contributed by atoms with Gasteiger partial charge in [0.25, 0.3) is 5.56 Å². The van der Waals surface area contributed by atoms with Gasteiger partial charge in [-0.05, 0) is 41.8 Å². The number of nitrogens with zero attached hydrogens (tertiary/aromatic N) is 2. The Morgan fingerprint density at radius 1 is 1.55 bits per heavy atom. The van der Waals surface area contributed by atoms with Gasteiger partial charge in [0.2, 0.25) is 5.91 Å². The molecule has 2 aromatic heterocycles. The first-order valence-corrected chi connectivity index (χ1v) is 7.75. The van der Waals surface area contributed by atoms with Crippen molar-refractivity contribution in [3.05, 3.63) is 38.3 Å². The molecule has 3 rings (SSSR count). The first-order chi connectivity index (χ1) is 9.47. The molecule has 0 radical (unpaired) electrons. The molecular formula is C13H12BrN3O2S. The largest absolute Gasteiger partial charge is 0.329 e. The van der Waals surface area contributed by atoms with Crippen LogP contribution >= 0.6 is 27.3 Å². The fraction of sp³-hybridized carbons (Fsp3) is 0.308. The van der Waals surface area contributed by atoms with Crippen molar-refractivity contribution < 1.29 is 4.79 Å². The molecule has 1 fully saturated rings. The number of fused-ring (bicyclic) bond motifs is 1. The van der Waals surface area contributed by atoms with E-state index in [1.54, 1.807) is 6.92 Å². The smallest absolute Gasteiger partial charge is 0.272 e. The van der Waals surface area contributed by atoms with Crippen LogP contribution in [0.1, 0.15) is 24.7 Å². The molecule has 7 heteroatoms. The predicted octanol–water partition coefficient (Wildman–Crippen LogP) is 2.49. The van der Waals surface area contributed by atoms with Crippen LogP contribution in [0, 0.1) is 6.92 Å². The third kappa shape index (κ3) is 2.10. The Hall–Kier alpha value is -1.47. The van der Waals surface area contributed by atoms with E-state index in [0.717, 1.165) is 3.79 Å². The zero-order chi connectivity index (χ0) is 14.4. The Balaban J connectivity index is 2.18. The Morgan fingerprint density at radius 2 is 2.30 bits per heavy atom. The molecule has 1 N–H and O–H groups in total. The maximum Gasteiger partial charge on any atom is 0.272 e. The van der Waals surface area contributed by atoms with Gasteiger partial charge >= 0.3 is 0 Å². The normalized spacial score (nSPS) is 19.4. The van der Waals surface area contributed by atoms with Crippen LogP contribution in [0.4, 0.5) is 0 Å². The molecule has 1 aliphatic rings. The SMILES string of the molecule is C=C1CCC(n2c(C)nc3cc(Br)sc3c2=O)C(=O)N1. The van der Waals surface area contributed by atoms with Crippen molar-refractivity contribution >= 4 is 43.4 Å². The monoisotopic (exact) mass is 353 g/mol. The van der Waals surface area contributed by atoms with Crippen LogP contribution in [0.5, 0.6) is 0 Å². The molecule has 104 valence electrons. The molecule has 0 bridgehead atoms. The second kappa shape index (κ2) is 4.82. The van der Waals surface area contributed by atoms with Gasteiger partial charge in [-0.25, -0.2) is 4.98 Å². The van der Waals surface area contributed by atoms with Crippen LogP contribution < -0.4 is 10.9 Å². The van der Waals surface area contributed by atoms with E-state index in [0.29, 0.717) is 34.6 Å². The van der Waals surface area contributed by atoms with Crippen LogP contribution in [0.2, 0.25) is 0 Å². The van der Waals surface area contributed by atoms with Crippen LogP contribution in [0.3, 0.4) is 0 Å². The summed E-state index contributed by atoms with van der Waals surface area (Å²) in [4.78, 5) is 29.1. The summed E-state index contributed by atoms with van der Waals surface area (Å²) in [5.41, 5.74) is 1.21. The number of allylic oxidation sites excluding steroid dienone is 1. The Kier molecular flexibility index (Phi) is 3.25. The van der Waals surface area contributed by atoms with Crippen molar-refractivity contribution in [3.63, 3.8) is 0 Å². The number of carbonyl (C=O) groups is 1. The van der Waals surface area contributed by atoms with E-state index in [1.165, 1.54) is 15.9 Å². The molecule has 1 unspecified atom stereocenters. The molecule has 0 spiro atoms. The Morgan fingerprint density at radius 3 is 3.00 bits per heavy atom. The molecule has 1 atom stereocenters. The zero-order valence-electron chi connectivity index (χ0n) is 10.8. The summed E-state index contributed by atoms with van der Waals surface area (Å²) in [6.07, 6.45) is 1.25. The number of aromatic nitrogens is 2. The van der Waals surface area contributed by atoms with Crippen molar-refractivity contribution in [2.45, 2.75) is 25.8 Å². The number of carbonyl (C=O) groups excluding carboxylic acids is 1. The van der Waals surface area contributed by atoms with Gasteiger partial charge in [0.05, 0.1) is 9.30 Å². The predicted molar refractivity (Wildman–Crippen MR) is 81.9 cm³/mol. The number of hydrogen-bond acceptors (Lipinski definition) is 4. The molecule has 1 amide bonds. The second-order valence-electron chi connectivity index (χ2n) is 4.75. The van der Waals surface area contributed by atoms with Gasteiger partial charge < -0.3 is 5.32 Å². The highest BCUT2D eigenvalue weighted by molar-refractivity contribution is 9.11. The molecule has 2 aromatic rings. The van der Waals surface area contributed by atoms with E-state index in [-0.39, 0.29) is 11.5 Å². The number of halogens is 1. The third-order valence-electron chi connectivity index (χ3n) is 3.36. The van der Waals surface area contributed by atoms with Crippen LogP contribution in [-0.2, 0) is 4.79 Å². The number of rotatable bonds is 1. The van der Waals surface area contributed by atoms with Gasteiger partial charge in [-0.3, -0.25) is 14.2 Å². The topological polar surface area (TPSA) is 64.0 Å². The van der Waals surface area contributed by atoms with Gasteiger partial charge in [-0.15, -0.1) is 11.3 Å². The maximum atomic E-state index is 12.6. The third-order valence-corrected chi connectivity index (χ3v) is 4.98. The van der Waals surface area contributed by atoms with Crippen molar-refractivity contribution in [2.75, 3.05) is 0 Å². The van der Waals surface area contributed by atoms with E-state index < -0.39 is 6.04 Å². The summed E-state index contributed by atoms with van der Waals surface area (Å²) in [6.45, 7) is 5.50. The van der Waals surface area contributed by atoms with E-state index >= 15 is 0 Å². The fourth-order valence-electron chi connectivity index (χ4n) is 2.45. The van der Waals surface area contributed by atoms with Gasteiger partial charge in [-0.1, -0.05) is 6.58 Å². The Bertz CT molecular complexity index is 793. The zero-order valence-corrected chi connectivity index (χ0v) is 13.2. The lowest BCUT2D eigenvalue weighted by atomic mass is 10.0. The fourth-order valence-corrected chi connectivity index (χ4v) is 3.91. The summed E-state index contributed by atoms with van der Waals surface area (Å²) < 4.78 is 2.92. The summed E-state index contributed by atoms with van der Waals surface area (Å²) in [6, 6.07) is 1.31. The average Bonchev–Trinajstić information content (AvgIpc) is 2.72.